The fraction of sp³-hybridized carbons (Fsp3) is 0.667. The molecule has 2 fully saturated rings. The number of carbonyl (C=O) groups excluding carboxylic acids is 1. The maximum absolute atomic E-state index is 12.5. The Labute approximate surface area is 173 Å². The molecule has 1 aromatic heterocycles. The second-order valence-electron chi connectivity index (χ2n) is 8.10. The highest BCUT2D eigenvalue weighted by atomic mass is 35.5. The summed E-state index contributed by atoms with van der Waals surface area (Å²) in [5.41, 5.74) is 1.34. The summed E-state index contributed by atoms with van der Waals surface area (Å²) in [5, 5.41) is 0. The van der Waals surface area contributed by atoms with Gasteiger partial charge in [0, 0.05) is 51.0 Å². The van der Waals surface area contributed by atoms with E-state index < -0.39 is 0 Å². The van der Waals surface area contributed by atoms with Gasteiger partial charge in [0.25, 0.3) is 0 Å². The largest absolute Gasteiger partial charge is 0.379 e. The van der Waals surface area contributed by atoms with Crippen LogP contribution in [0.5, 0.6) is 0 Å². The highest BCUT2D eigenvalue weighted by Gasteiger charge is 2.37. The lowest BCUT2D eigenvalue weighted by Gasteiger charge is -2.44. The van der Waals surface area contributed by atoms with E-state index >= 15 is 0 Å². The van der Waals surface area contributed by atoms with Gasteiger partial charge in [-0.1, -0.05) is 12.2 Å². The minimum atomic E-state index is 0. The molecule has 1 aromatic rings. The quantitative estimate of drug-likeness (QED) is 0.719. The Balaban J connectivity index is 0.00000225. The Morgan fingerprint density at radius 3 is 2.46 bits per heavy atom. The molecule has 0 aromatic carbocycles. The van der Waals surface area contributed by atoms with Crippen molar-refractivity contribution in [2.24, 2.45) is 5.41 Å². The number of morpholine rings is 1. The number of rotatable bonds is 4. The number of hydrogen-bond acceptors (Lipinski definition) is 5. The third-order valence-corrected chi connectivity index (χ3v) is 6.48. The fourth-order valence-corrected chi connectivity index (χ4v) is 4.63. The summed E-state index contributed by atoms with van der Waals surface area (Å²) in [5.74, 6) is 0.264. The third kappa shape index (κ3) is 5.10. The molecule has 0 saturated carbocycles. The lowest BCUT2D eigenvalue weighted by atomic mass is 9.71. The monoisotopic (exact) mass is 406 g/mol. The van der Waals surface area contributed by atoms with E-state index in [9.17, 15) is 4.79 Å². The molecule has 3 aliphatic rings. The predicted octanol–water partition coefficient (Wildman–Crippen LogP) is 2.49. The summed E-state index contributed by atoms with van der Waals surface area (Å²) in [4.78, 5) is 25.2. The van der Waals surface area contributed by atoms with Crippen LogP contribution >= 0.6 is 12.4 Å². The van der Waals surface area contributed by atoms with Crippen molar-refractivity contribution in [2.45, 2.75) is 44.6 Å². The number of ether oxygens (including phenoxy) is 1. The van der Waals surface area contributed by atoms with Crippen LogP contribution in [0.25, 0.3) is 0 Å². The molecule has 7 heteroatoms. The molecule has 0 radical (unpaired) electrons. The zero-order chi connectivity index (χ0) is 18.5. The normalized spacial score (nSPS) is 24.7. The highest BCUT2D eigenvalue weighted by molar-refractivity contribution is 5.85. The Morgan fingerprint density at radius 1 is 1.11 bits per heavy atom. The van der Waals surface area contributed by atoms with E-state index in [1.807, 2.05) is 0 Å². The molecule has 1 unspecified atom stereocenters. The van der Waals surface area contributed by atoms with Gasteiger partial charge in [0.15, 0.2) is 0 Å². The maximum atomic E-state index is 12.5. The number of amides is 1. The first-order chi connectivity index (χ1) is 13.2. The number of aryl methyl sites for hydroxylation is 1. The van der Waals surface area contributed by atoms with Crippen molar-refractivity contribution in [3.05, 3.63) is 36.4 Å². The second-order valence-corrected chi connectivity index (χ2v) is 8.10. The molecule has 0 bridgehead atoms. The smallest absolute Gasteiger partial charge is 0.222 e. The average Bonchev–Trinajstić information content (AvgIpc) is 2.74. The van der Waals surface area contributed by atoms with E-state index in [-0.39, 0.29) is 18.3 Å². The minimum Gasteiger partial charge on any atom is -0.379 e. The van der Waals surface area contributed by atoms with Gasteiger partial charge in [-0.2, -0.15) is 0 Å². The Bertz CT molecular complexity index is 656. The first-order valence-electron chi connectivity index (χ1n) is 10.3. The Morgan fingerprint density at radius 2 is 1.82 bits per heavy atom. The van der Waals surface area contributed by atoms with Crippen molar-refractivity contribution in [3.8, 4) is 0 Å². The van der Waals surface area contributed by atoms with Gasteiger partial charge >= 0.3 is 0 Å². The summed E-state index contributed by atoms with van der Waals surface area (Å²) in [6, 6.07) is 0.576. The van der Waals surface area contributed by atoms with Crippen LogP contribution in [-0.2, 0) is 16.0 Å². The van der Waals surface area contributed by atoms with Gasteiger partial charge in [-0.25, -0.2) is 9.97 Å². The van der Waals surface area contributed by atoms with Crippen molar-refractivity contribution in [3.63, 3.8) is 0 Å². The molecule has 1 aliphatic carbocycles. The standard InChI is InChI=1S/C21H30N4O2.ClH/c26-20(2-1-18-15-22-17-23-16-18)25-9-7-21(8-10-25)5-3-19(4-6-21)24-11-13-27-14-12-24;/h3,5,15-17,19H,1-2,4,6-14H2;1H. The van der Waals surface area contributed by atoms with Crippen molar-refractivity contribution < 1.29 is 9.53 Å². The molecule has 1 spiro atoms. The summed E-state index contributed by atoms with van der Waals surface area (Å²) >= 11 is 0. The van der Waals surface area contributed by atoms with Crippen LogP contribution in [0, 0.1) is 5.41 Å². The van der Waals surface area contributed by atoms with Crippen LogP contribution in [0.2, 0.25) is 0 Å². The lowest BCUT2D eigenvalue weighted by molar-refractivity contribution is -0.133. The molecule has 6 nitrogen and oxygen atoms in total. The van der Waals surface area contributed by atoms with E-state index in [4.69, 9.17) is 4.74 Å². The molecule has 2 aliphatic heterocycles. The van der Waals surface area contributed by atoms with Crippen molar-refractivity contribution >= 4 is 18.3 Å². The summed E-state index contributed by atoms with van der Waals surface area (Å²) in [7, 11) is 0. The van der Waals surface area contributed by atoms with Crippen molar-refractivity contribution in [1.29, 1.82) is 0 Å². The van der Waals surface area contributed by atoms with E-state index in [0.29, 0.717) is 17.9 Å². The van der Waals surface area contributed by atoms with Gasteiger partial charge in [0.2, 0.25) is 5.91 Å². The number of allylic oxidation sites excluding steroid dienone is 1. The number of nitrogens with zero attached hydrogens (tertiary/aromatic N) is 4. The average molecular weight is 407 g/mol. The first kappa shape index (κ1) is 21.2. The molecule has 1 atom stereocenters. The van der Waals surface area contributed by atoms with Crippen molar-refractivity contribution in [2.75, 3.05) is 39.4 Å². The van der Waals surface area contributed by atoms with Crippen LogP contribution < -0.4 is 0 Å². The topological polar surface area (TPSA) is 58.6 Å². The molecule has 2 saturated heterocycles. The van der Waals surface area contributed by atoms with Gasteiger partial charge in [-0.3, -0.25) is 9.69 Å². The molecule has 3 heterocycles. The molecule has 154 valence electrons. The molecule has 28 heavy (non-hydrogen) atoms. The van der Waals surface area contributed by atoms with E-state index in [0.717, 1.165) is 64.2 Å². The number of halogens is 1. The van der Waals surface area contributed by atoms with Gasteiger partial charge in [0.1, 0.15) is 6.33 Å². The molecule has 4 rings (SSSR count). The fourth-order valence-electron chi connectivity index (χ4n) is 4.63. The molecule has 0 N–H and O–H groups in total. The van der Waals surface area contributed by atoms with Crippen LogP contribution in [0.3, 0.4) is 0 Å². The Kier molecular flexibility index (Phi) is 7.43. The molecular formula is C21H31ClN4O2. The summed E-state index contributed by atoms with van der Waals surface area (Å²) in [6.07, 6.45) is 16.0. The van der Waals surface area contributed by atoms with Crippen LogP contribution in [0.1, 0.15) is 37.7 Å². The van der Waals surface area contributed by atoms with Gasteiger partial charge in [0.05, 0.1) is 13.2 Å². The molecular weight excluding hydrogens is 376 g/mol. The van der Waals surface area contributed by atoms with Gasteiger partial charge < -0.3 is 9.64 Å². The Hall–Kier alpha value is -1.50. The third-order valence-electron chi connectivity index (χ3n) is 6.48. The lowest BCUT2D eigenvalue weighted by Crippen LogP contribution is -2.47. The predicted molar refractivity (Wildman–Crippen MR) is 110 cm³/mol. The van der Waals surface area contributed by atoms with Crippen LogP contribution in [0.4, 0.5) is 0 Å². The maximum Gasteiger partial charge on any atom is 0.222 e. The zero-order valence-corrected chi connectivity index (χ0v) is 17.3. The minimum absolute atomic E-state index is 0. The SMILES string of the molecule is Cl.O=C(CCc1cncnc1)N1CCC2(C=CC(N3CCOCC3)CC2)CC1. The second kappa shape index (κ2) is 9.81. The number of aromatic nitrogens is 2. The summed E-state index contributed by atoms with van der Waals surface area (Å²) in [6.45, 7) is 5.60. The van der Waals surface area contributed by atoms with Gasteiger partial charge in [-0.15, -0.1) is 12.4 Å². The number of likely N-dealkylation sites (tertiary alicyclic amines) is 1. The number of hydrogen-bond donors (Lipinski definition) is 0. The van der Waals surface area contributed by atoms with Crippen LogP contribution in [-0.4, -0.2) is 71.1 Å². The van der Waals surface area contributed by atoms with Crippen LogP contribution in [0.15, 0.2) is 30.9 Å². The highest BCUT2D eigenvalue weighted by Crippen LogP contribution is 2.41. The zero-order valence-electron chi connectivity index (χ0n) is 16.5. The first-order valence-corrected chi connectivity index (χ1v) is 10.3. The van der Waals surface area contributed by atoms with E-state index in [1.54, 1.807) is 12.4 Å². The van der Waals surface area contributed by atoms with E-state index in [1.165, 1.54) is 19.2 Å². The number of carbonyl (C=O) groups is 1. The molecule has 1 amide bonds. The van der Waals surface area contributed by atoms with Crippen molar-refractivity contribution in [1.82, 2.24) is 19.8 Å². The van der Waals surface area contributed by atoms with Gasteiger partial charge in [-0.05, 0) is 43.1 Å². The van der Waals surface area contributed by atoms with E-state index in [2.05, 4.69) is 31.9 Å². The summed E-state index contributed by atoms with van der Waals surface area (Å²) < 4.78 is 5.47. The number of piperidine rings is 1.